The second-order valence-electron chi connectivity index (χ2n) is 4.87. The van der Waals surface area contributed by atoms with Crippen LogP contribution in [0, 0.1) is 17.8 Å². The maximum Gasteiger partial charge on any atom is 0.306 e. The minimum atomic E-state index is -0.623. The van der Waals surface area contributed by atoms with Crippen molar-refractivity contribution in [1.82, 2.24) is 0 Å². The molecule has 0 aromatic carbocycles. The van der Waals surface area contributed by atoms with E-state index in [0.717, 1.165) is 38.9 Å². The van der Waals surface area contributed by atoms with Gasteiger partial charge in [0.15, 0.2) is 0 Å². The van der Waals surface area contributed by atoms with Gasteiger partial charge in [0, 0.05) is 13.2 Å². The summed E-state index contributed by atoms with van der Waals surface area (Å²) in [6, 6.07) is 0. The first-order valence-corrected chi connectivity index (χ1v) is 5.91. The number of carboxylic acids is 1. The third-order valence-corrected chi connectivity index (χ3v) is 3.21. The van der Waals surface area contributed by atoms with Gasteiger partial charge in [-0.25, -0.2) is 0 Å². The first-order valence-electron chi connectivity index (χ1n) is 5.91. The number of aliphatic carboxylic acids is 1. The van der Waals surface area contributed by atoms with E-state index < -0.39 is 5.97 Å². The first kappa shape index (κ1) is 12.5. The number of hydrogen-bond donors (Lipinski definition) is 1. The molecule has 1 fully saturated rings. The van der Waals surface area contributed by atoms with Crippen LogP contribution in [0.1, 0.15) is 39.5 Å². The van der Waals surface area contributed by atoms with E-state index in [-0.39, 0.29) is 5.92 Å². The number of carbonyl (C=O) groups is 1. The van der Waals surface area contributed by atoms with Crippen LogP contribution < -0.4 is 0 Å². The zero-order valence-electron chi connectivity index (χ0n) is 9.74. The molecule has 0 bridgehead atoms. The normalized spacial score (nSPS) is 20.5. The Hall–Kier alpha value is -0.570. The largest absolute Gasteiger partial charge is 0.481 e. The predicted molar refractivity (Wildman–Crippen MR) is 58.7 cm³/mol. The highest BCUT2D eigenvalue weighted by Gasteiger charge is 2.29. The van der Waals surface area contributed by atoms with Gasteiger partial charge in [0.25, 0.3) is 0 Å². The van der Waals surface area contributed by atoms with Crippen molar-refractivity contribution in [2.45, 2.75) is 39.5 Å². The summed E-state index contributed by atoms with van der Waals surface area (Å²) in [6.07, 6.45) is 3.65. The van der Waals surface area contributed by atoms with Crippen molar-refractivity contribution < 1.29 is 14.6 Å². The summed E-state index contributed by atoms with van der Waals surface area (Å²) < 4.78 is 5.26. The van der Waals surface area contributed by atoms with Crippen molar-refractivity contribution in [3.05, 3.63) is 0 Å². The van der Waals surface area contributed by atoms with E-state index in [1.807, 2.05) is 0 Å². The Bertz CT molecular complexity index is 195. The third-order valence-electron chi connectivity index (χ3n) is 3.21. The molecule has 0 radical (unpaired) electrons. The molecule has 1 aliphatic rings. The molecular formula is C12H22O3. The molecule has 1 rings (SSSR count). The van der Waals surface area contributed by atoms with E-state index in [0.29, 0.717) is 11.8 Å². The summed E-state index contributed by atoms with van der Waals surface area (Å²) in [7, 11) is 0. The van der Waals surface area contributed by atoms with Gasteiger partial charge in [-0.2, -0.15) is 0 Å². The summed E-state index contributed by atoms with van der Waals surface area (Å²) in [5, 5.41) is 9.20. The molecule has 1 unspecified atom stereocenters. The van der Waals surface area contributed by atoms with Crippen LogP contribution in [0.4, 0.5) is 0 Å². The molecule has 0 aliphatic carbocycles. The van der Waals surface area contributed by atoms with Crippen molar-refractivity contribution in [2.24, 2.45) is 17.8 Å². The molecule has 88 valence electrons. The Morgan fingerprint density at radius 2 is 1.93 bits per heavy atom. The fourth-order valence-corrected chi connectivity index (χ4v) is 2.19. The number of ether oxygens (including phenoxy) is 1. The van der Waals surface area contributed by atoms with E-state index in [4.69, 9.17) is 4.74 Å². The number of rotatable bonds is 5. The Balaban J connectivity index is 2.44. The summed E-state index contributed by atoms with van der Waals surface area (Å²) in [5.74, 6) is 0.139. The molecule has 3 nitrogen and oxygen atoms in total. The molecule has 3 heteroatoms. The van der Waals surface area contributed by atoms with Crippen molar-refractivity contribution in [3.63, 3.8) is 0 Å². The topological polar surface area (TPSA) is 46.5 Å². The van der Waals surface area contributed by atoms with Gasteiger partial charge in [-0.3, -0.25) is 4.79 Å². The van der Waals surface area contributed by atoms with Gasteiger partial charge in [-0.1, -0.05) is 20.3 Å². The van der Waals surface area contributed by atoms with Crippen LogP contribution in [0.2, 0.25) is 0 Å². The van der Waals surface area contributed by atoms with Gasteiger partial charge in [-0.05, 0) is 31.1 Å². The van der Waals surface area contributed by atoms with Gasteiger partial charge in [0.2, 0.25) is 0 Å². The lowest BCUT2D eigenvalue weighted by atomic mass is 9.82. The van der Waals surface area contributed by atoms with Crippen LogP contribution in [-0.2, 0) is 9.53 Å². The second-order valence-corrected chi connectivity index (χ2v) is 4.87. The lowest BCUT2D eigenvalue weighted by Crippen LogP contribution is -2.29. The average Bonchev–Trinajstić information content (AvgIpc) is 2.18. The minimum absolute atomic E-state index is 0.156. The van der Waals surface area contributed by atoms with E-state index in [9.17, 15) is 9.90 Å². The Morgan fingerprint density at radius 3 is 2.40 bits per heavy atom. The summed E-state index contributed by atoms with van der Waals surface area (Å²) >= 11 is 0. The zero-order chi connectivity index (χ0) is 11.3. The molecule has 0 aromatic rings. The minimum Gasteiger partial charge on any atom is -0.481 e. The molecule has 0 spiro atoms. The fraction of sp³-hybridized carbons (Fsp3) is 0.917. The van der Waals surface area contributed by atoms with Crippen molar-refractivity contribution in [1.29, 1.82) is 0 Å². The monoisotopic (exact) mass is 214 g/mol. The Morgan fingerprint density at radius 1 is 1.33 bits per heavy atom. The first-order chi connectivity index (χ1) is 7.11. The van der Waals surface area contributed by atoms with Gasteiger partial charge < -0.3 is 9.84 Å². The molecule has 1 aliphatic heterocycles. The molecule has 1 atom stereocenters. The average molecular weight is 214 g/mol. The molecule has 1 N–H and O–H groups in total. The van der Waals surface area contributed by atoms with Gasteiger partial charge in [0.05, 0.1) is 5.92 Å². The van der Waals surface area contributed by atoms with E-state index >= 15 is 0 Å². The molecule has 15 heavy (non-hydrogen) atoms. The molecule has 1 heterocycles. The zero-order valence-corrected chi connectivity index (χ0v) is 9.74. The Kier molecular flexibility index (Phi) is 5.09. The summed E-state index contributed by atoms with van der Waals surface area (Å²) in [4.78, 5) is 11.2. The highest BCUT2D eigenvalue weighted by molar-refractivity contribution is 5.70. The van der Waals surface area contributed by atoms with E-state index in [1.54, 1.807) is 0 Å². The third kappa shape index (κ3) is 4.20. The smallest absolute Gasteiger partial charge is 0.306 e. The van der Waals surface area contributed by atoms with Crippen LogP contribution in [-0.4, -0.2) is 24.3 Å². The van der Waals surface area contributed by atoms with Crippen LogP contribution in [0.3, 0.4) is 0 Å². The number of carboxylic acid groups (broad SMARTS) is 1. The van der Waals surface area contributed by atoms with Gasteiger partial charge >= 0.3 is 5.97 Å². The molecule has 0 aromatic heterocycles. The van der Waals surface area contributed by atoms with Crippen molar-refractivity contribution in [2.75, 3.05) is 13.2 Å². The van der Waals surface area contributed by atoms with E-state index in [2.05, 4.69) is 13.8 Å². The fourth-order valence-electron chi connectivity index (χ4n) is 2.19. The Labute approximate surface area is 91.8 Å². The standard InChI is InChI=1S/C12H22O3/c1-9(2)3-4-11(12(13)14)10-5-7-15-8-6-10/h9-11H,3-8H2,1-2H3,(H,13,14). The quantitative estimate of drug-likeness (QED) is 0.765. The van der Waals surface area contributed by atoms with Crippen LogP contribution in [0.5, 0.6) is 0 Å². The molecular weight excluding hydrogens is 192 g/mol. The van der Waals surface area contributed by atoms with Crippen LogP contribution in [0.15, 0.2) is 0 Å². The lowest BCUT2D eigenvalue weighted by molar-refractivity contribution is -0.145. The van der Waals surface area contributed by atoms with Gasteiger partial charge in [-0.15, -0.1) is 0 Å². The highest BCUT2D eigenvalue weighted by atomic mass is 16.5. The molecule has 0 amide bonds. The van der Waals surface area contributed by atoms with Crippen LogP contribution >= 0.6 is 0 Å². The second kappa shape index (κ2) is 6.11. The van der Waals surface area contributed by atoms with Crippen molar-refractivity contribution in [3.8, 4) is 0 Å². The molecule has 1 saturated heterocycles. The number of hydrogen-bond acceptors (Lipinski definition) is 2. The maximum absolute atomic E-state index is 11.2. The maximum atomic E-state index is 11.2. The van der Waals surface area contributed by atoms with Gasteiger partial charge in [0.1, 0.15) is 0 Å². The van der Waals surface area contributed by atoms with Crippen LogP contribution in [0.25, 0.3) is 0 Å². The lowest BCUT2D eigenvalue weighted by Gasteiger charge is -2.27. The highest BCUT2D eigenvalue weighted by Crippen LogP contribution is 2.28. The van der Waals surface area contributed by atoms with Crippen molar-refractivity contribution >= 4 is 5.97 Å². The summed E-state index contributed by atoms with van der Waals surface area (Å²) in [5.41, 5.74) is 0. The summed E-state index contributed by atoms with van der Waals surface area (Å²) in [6.45, 7) is 5.75. The SMILES string of the molecule is CC(C)CCC(C(=O)O)C1CCOCC1. The predicted octanol–water partition coefficient (Wildman–Crippen LogP) is 2.55. The van der Waals surface area contributed by atoms with E-state index in [1.165, 1.54) is 0 Å². The molecule has 0 saturated carbocycles.